The standard InChI is InChI=1S/C33H35N5O7S/c1-4-20-16-33(20,32(40)38-46(41,42)23-13-14-23)37-30(39)25-15-22(17-34-25)44-31-28-27(24-7-5-6-8-26(24)45-28)35-29(36-31)19-9-11-21(12-10-19)43-18(2)3/h4-12,18,20,22-23,25,34H,1,13-17H2,2-3H3,(H,37,39)(H,38,40)/t20-,22?,25?,33?/m1/s1. The molecule has 4 atom stereocenters. The molecule has 1 saturated heterocycles. The average molecular weight is 646 g/mol. The number of benzene rings is 2. The number of carbonyl (C=O) groups excluding carboxylic acids is 2. The van der Waals surface area contributed by atoms with Crippen LogP contribution in [0.4, 0.5) is 0 Å². The Morgan fingerprint density at radius 2 is 1.89 bits per heavy atom. The number of amides is 2. The van der Waals surface area contributed by atoms with Gasteiger partial charge in [0.1, 0.15) is 28.5 Å². The van der Waals surface area contributed by atoms with E-state index in [0.29, 0.717) is 41.9 Å². The van der Waals surface area contributed by atoms with Crippen LogP contribution in [-0.2, 0) is 19.6 Å². The molecule has 2 saturated carbocycles. The van der Waals surface area contributed by atoms with E-state index in [1.807, 2.05) is 62.4 Å². The van der Waals surface area contributed by atoms with Crippen LogP contribution in [-0.4, -0.2) is 65.8 Å². The van der Waals surface area contributed by atoms with E-state index in [2.05, 4.69) is 21.9 Å². The summed E-state index contributed by atoms with van der Waals surface area (Å²) in [6.45, 7) is 8.01. The fraction of sp³-hybridized carbons (Fsp3) is 0.394. The van der Waals surface area contributed by atoms with Gasteiger partial charge in [0, 0.05) is 29.8 Å². The first kappa shape index (κ1) is 30.2. The molecule has 7 rings (SSSR count). The van der Waals surface area contributed by atoms with E-state index in [4.69, 9.17) is 23.9 Å². The maximum absolute atomic E-state index is 13.4. The first-order chi connectivity index (χ1) is 22.1. The molecule has 12 nitrogen and oxygen atoms in total. The number of rotatable bonds is 11. The third-order valence-electron chi connectivity index (χ3n) is 8.61. The first-order valence-corrected chi connectivity index (χ1v) is 17.0. The van der Waals surface area contributed by atoms with Crippen molar-refractivity contribution in [2.45, 2.75) is 68.6 Å². The Kier molecular flexibility index (Phi) is 7.47. The summed E-state index contributed by atoms with van der Waals surface area (Å²) < 4.78 is 45.3. The van der Waals surface area contributed by atoms with Crippen molar-refractivity contribution in [1.82, 2.24) is 25.3 Å². The molecular formula is C33H35N5O7S. The van der Waals surface area contributed by atoms with Crippen molar-refractivity contribution < 1.29 is 31.9 Å². The predicted molar refractivity (Wildman–Crippen MR) is 171 cm³/mol. The maximum atomic E-state index is 13.4. The van der Waals surface area contributed by atoms with Crippen LogP contribution >= 0.6 is 0 Å². The lowest BCUT2D eigenvalue weighted by molar-refractivity contribution is -0.130. The SMILES string of the molecule is C=C[C@@H]1CC1(NC(=O)C1CC(Oc2nc(-c3ccc(OC(C)C)cc3)nc3c2oc2ccccc23)CN1)C(=O)NS(=O)(=O)C1CC1. The van der Waals surface area contributed by atoms with Gasteiger partial charge in [-0.1, -0.05) is 18.2 Å². The number of aromatic nitrogens is 2. The Morgan fingerprint density at radius 1 is 1.13 bits per heavy atom. The number of furan rings is 1. The Labute approximate surface area is 266 Å². The van der Waals surface area contributed by atoms with Gasteiger partial charge in [0.05, 0.1) is 17.4 Å². The highest BCUT2D eigenvalue weighted by Gasteiger charge is 2.61. The molecule has 2 amide bonds. The smallest absolute Gasteiger partial charge is 0.262 e. The largest absolute Gasteiger partial charge is 0.491 e. The lowest BCUT2D eigenvalue weighted by Crippen LogP contribution is -2.55. The third-order valence-corrected chi connectivity index (χ3v) is 10.4. The van der Waals surface area contributed by atoms with E-state index in [0.717, 1.165) is 16.7 Å². The fourth-order valence-electron chi connectivity index (χ4n) is 5.90. The molecule has 2 aromatic heterocycles. The van der Waals surface area contributed by atoms with Crippen molar-refractivity contribution in [1.29, 1.82) is 0 Å². The van der Waals surface area contributed by atoms with E-state index in [-0.39, 0.29) is 30.7 Å². The summed E-state index contributed by atoms with van der Waals surface area (Å²) in [5.41, 5.74) is 1.07. The van der Waals surface area contributed by atoms with E-state index in [1.165, 1.54) is 0 Å². The molecule has 3 heterocycles. The molecule has 3 unspecified atom stereocenters. The topological polar surface area (TPSA) is 162 Å². The highest BCUT2D eigenvalue weighted by atomic mass is 32.2. The van der Waals surface area contributed by atoms with E-state index in [1.54, 1.807) is 6.08 Å². The number of fused-ring (bicyclic) bond motifs is 3. The highest BCUT2D eigenvalue weighted by molar-refractivity contribution is 7.91. The average Bonchev–Trinajstić information content (AvgIpc) is 3.92. The molecule has 2 aliphatic carbocycles. The minimum atomic E-state index is -3.77. The summed E-state index contributed by atoms with van der Waals surface area (Å²) in [6, 6.07) is 14.4. The van der Waals surface area contributed by atoms with Crippen molar-refractivity contribution in [2.75, 3.05) is 6.54 Å². The molecule has 0 bridgehead atoms. The number of para-hydroxylation sites is 1. The molecule has 4 aromatic rings. The molecule has 13 heteroatoms. The zero-order chi connectivity index (χ0) is 32.2. The monoisotopic (exact) mass is 645 g/mol. The van der Waals surface area contributed by atoms with Crippen LogP contribution in [0.3, 0.4) is 0 Å². The Bertz CT molecular complexity index is 1950. The normalized spacial score (nSPS) is 24.2. The number of ether oxygens (including phenoxy) is 2. The van der Waals surface area contributed by atoms with Crippen molar-refractivity contribution in [3.8, 4) is 23.0 Å². The Hall–Kier alpha value is -4.49. The van der Waals surface area contributed by atoms with Gasteiger partial charge in [-0.05, 0) is 69.5 Å². The predicted octanol–water partition coefficient (Wildman–Crippen LogP) is 3.61. The maximum Gasteiger partial charge on any atom is 0.262 e. The van der Waals surface area contributed by atoms with Gasteiger partial charge < -0.3 is 24.5 Å². The van der Waals surface area contributed by atoms with Gasteiger partial charge in [-0.25, -0.2) is 13.4 Å². The molecule has 3 N–H and O–H groups in total. The molecule has 240 valence electrons. The number of nitrogens with one attached hydrogen (secondary N) is 3. The minimum absolute atomic E-state index is 0.0422. The fourth-order valence-corrected chi connectivity index (χ4v) is 7.27. The van der Waals surface area contributed by atoms with E-state index >= 15 is 0 Å². The summed E-state index contributed by atoms with van der Waals surface area (Å²) in [5, 5.41) is 6.24. The van der Waals surface area contributed by atoms with E-state index < -0.39 is 44.8 Å². The number of nitrogens with zero attached hydrogens (tertiary/aromatic N) is 2. The minimum Gasteiger partial charge on any atom is -0.491 e. The zero-order valence-corrected chi connectivity index (χ0v) is 26.3. The van der Waals surface area contributed by atoms with Crippen LogP contribution in [0.1, 0.15) is 39.5 Å². The van der Waals surface area contributed by atoms with Gasteiger partial charge in [0.2, 0.25) is 21.5 Å². The lowest BCUT2D eigenvalue weighted by Gasteiger charge is -2.21. The summed E-state index contributed by atoms with van der Waals surface area (Å²) >= 11 is 0. The Morgan fingerprint density at radius 3 is 2.59 bits per heavy atom. The second-order valence-electron chi connectivity index (χ2n) is 12.4. The van der Waals surface area contributed by atoms with Gasteiger partial charge >= 0.3 is 0 Å². The molecule has 2 aromatic carbocycles. The quantitative estimate of drug-likeness (QED) is 0.206. The van der Waals surface area contributed by atoms with Crippen LogP contribution < -0.4 is 24.8 Å². The lowest BCUT2D eigenvalue weighted by atomic mass is 10.1. The molecule has 3 fully saturated rings. The molecule has 3 aliphatic rings. The van der Waals surface area contributed by atoms with Gasteiger partial charge in [0.15, 0.2) is 5.82 Å². The first-order valence-electron chi connectivity index (χ1n) is 15.4. The third kappa shape index (κ3) is 5.69. The van der Waals surface area contributed by atoms with Crippen molar-refractivity contribution in [3.63, 3.8) is 0 Å². The summed E-state index contributed by atoms with van der Waals surface area (Å²) in [5.74, 6) is -0.0827. The van der Waals surface area contributed by atoms with Crippen molar-refractivity contribution in [2.24, 2.45) is 5.92 Å². The molecule has 1 aliphatic heterocycles. The second-order valence-corrected chi connectivity index (χ2v) is 14.4. The number of carbonyl (C=O) groups is 2. The number of sulfonamides is 1. The molecule has 46 heavy (non-hydrogen) atoms. The summed E-state index contributed by atoms with van der Waals surface area (Å²) in [7, 11) is -3.77. The van der Waals surface area contributed by atoms with Crippen molar-refractivity contribution in [3.05, 3.63) is 61.2 Å². The molecule has 0 radical (unpaired) electrons. The van der Waals surface area contributed by atoms with Crippen LogP contribution in [0.5, 0.6) is 11.6 Å². The van der Waals surface area contributed by atoms with E-state index in [9.17, 15) is 18.0 Å². The van der Waals surface area contributed by atoms with Gasteiger partial charge in [-0.2, -0.15) is 4.98 Å². The van der Waals surface area contributed by atoms with Gasteiger partial charge in [-0.15, -0.1) is 6.58 Å². The second kappa shape index (κ2) is 11.4. The van der Waals surface area contributed by atoms with Gasteiger partial charge in [0.25, 0.3) is 11.8 Å². The van der Waals surface area contributed by atoms with Gasteiger partial charge in [-0.3, -0.25) is 14.3 Å². The van der Waals surface area contributed by atoms with Crippen LogP contribution in [0.25, 0.3) is 33.5 Å². The van der Waals surface area contributed by atoms with Crippen LogP contribution in [0.2, 0.25) is 0 Å². The summed E-state index contributed by atoms with van der Waals surface area (Å²) in [4.78, 5) is 36.0. The highest BCUT2D eigenvalue weighted by Crippen LogP contribution is 2.45. The number of hydrogen-bond donors (Lipinski definition) is 3. The van der Waals surface area contributed by atoms with Crippen molar-refractivity contribution >= 4 is 43.9 Å². The molecular weight excluding hydrogens is 610 g/mol. The Balaban J connectivity index is 1.10. The van der Waals surface area contributed by atoms with Crippen LogP contribution in [0, 0.1) is 5.92 Å². The zero-order valence-electron chi connectivity index (χ0n) is 25.5. The molecule has 0 spiro atoms. The number of hydrogen-bond acceptors (Lipinski definition) is 10. The summed E-state index contributed by atoms with van der Waals surface area (Å²) in [6.07, 6.45) is 2.76. The van der Waals surface area contributed by atoms with Crippen LogP contribution in [0.15, 0.2) is 65.6 Å².